The standard InChI is InChI=1S/C24H31N5O6/c1-14-18(11-28(2)27-14)26-22(30)10-16-6-7-19-21(35-16)12-34-20-8-5-15(25-23(31)13-33-4)9-17(20)24(32)29(19)3/h5,8-9,11,16,19,21H,6-7,10,12-13H2,1-4H3,(H,25,31)(H,26,30)/t16-,19-,21-/m1/s1. The van der Waals surface area contributed by atoms with Gasteiger partial charge in [-0.15, -0.1) is 0 Å². The van der Waals surface area contributed by atoms with E-state index in [1.165, 1.54) is 7.11 Å². The van der Waals surface area contributed by atoms with Crippen molar-refractivity contribution in [1.82, 2.24) is 14.7 Å². The molecule has 1 aromatic carbocycles. The van der Waals surface area contributed by atoms with Crippen molar-refractivity contribution in [1.29, 1.82) is 0 Å². The van der Waals surface area contributed by atoms with Gasteiger partial charge < -0.3 is 29.7 Å². The van der Waals surface area contributed by atoms with Crippen LogP contribution in [0.15, 0.2) is 24.4 Å². The van der Waals surface area contributed by atoms with Gasteiger partial charge in [-0.2, -0.15) is 5.10 Å². The van der Waals surface area contributed by atoms with Crippen LogP contribution in [0.2, 0.25) is 0 Å². The van der Waals surface area contributed by atoms with Crippen molar-refractivity contribution in [2.45, 2.75) is 44.4 Å². The molecule has 0 spiro atoms. The van der Waals surface area contributed by atoms with Gasteiger partial charge in [-0.3, -0.25) is 19.1 Å². The summed E-state index contributed by atoms with van der Waals surface area (Å²) in [5.41, 5.74) is 2.29. The van der Waals surface area contributed by atoms with Crippen LogP contribution < -0.4 is 15.4 Å². The van der Waals surface area contributed by atoms with E-state index in [0.717, 1.165) is 5.69 Å². The van der Waals surface area contributed by atoms with Gasteiger partial charge in [0, 0.05) is 33.1 Å². The number of carbonyl (C=O) groups excluding carboxylic acids is 3. The van der Waals surface area contributed by atoms with Gasteiger partial charge in [-0.25, -0.2) is 0 Å². The van der Waals surface area contributed by atoms with E-state index in [9.17, 15) is 14.4 Å². The normalized spacial score (nSPS) is 21.8. The molecule has 2 aliphatic rings. The molecule has 0 saturated carbocycles. The van der Waals surface area contributed by atoms with Crippen molar-refractivity contribution in [2.75, 3.05) is 38.0 Å². The van der Waals surface area contributed by atoms with E-state index in [-0.39, 0.29) is 55.6 Å². The molecule has 11 heteroatoms. The molecule has 0 aliphatic carbocycles. The number of methoxy groups -OCH3 is 1. The zero-order valence-electron chi connectivity index (χ0n) is 20.4. The van der Waals surface area contributed by atoms with Gasteiger partial charge in [0.2, 0.25) is 11.8 Å². The maximum absolute atomic E-state index is 13.3. The number of ether oxygens (including phenoxy) is 3. The van der Waals surface area contributed by atoms with Gasteiger partial charge in [0.1, 0.15) is 25.1 Å². The third kappa shape index (κ3) is 5.63. The summed E-state index contributed by atoms with van der Waals surface area (Å²) in [5.74, 6) is -0.256. The Kier molecular flexibility index (Phi) is 7.37. The highest BCUT2D eigenvalue weighted by Gasteiger charge is 2.39. The fourth-order valence-electron chi connectivity index (χ4n) is 4.56. The molecular weight excluding hydrogens is 454 g/mol. The summed E-state index contributed by atoms with van der Waals surface area (Å²) in [5, 5.41) is 9.84. The quantitative estimate of drug-likeness (QED) is 0.638. The molecule has 3 atom stereocenters. The average molecular weight is 486 g/mol. The lowest BCUT2D eigenvalue weighted by Crippen LogP contribution is -2.53. The van der Waals surface area contributed by atoms with Crippen molar-refractivity contribution in [3.05, 3.63) is 35.7 Å². The summed E-state index contributed by atoms with van der Waals surface area (Å²) >= 11 is 0. The first-order valence-corrected chi connectivity index (χ1v) is 11.5. The second-order valence-electron chi connectivity index (χ2n) is 8.91. The number of aromatic nitrogens is 2. The van der Waals surface area contributed by atoms with E-state index >= 15 is 0 Å². The highest BCUT2D eigenvalue weighted by atomic mass is 16.5. The number of nitrogens with one attached hydrogen (secondary N) is 2. The largest absolute Gasteiger partial charge is 0.490 e. The molecule has 35 heavy (non-hydrogen) atoms. The number of aryl methyl sites for hydroxylation is 2. The Hall–Kier alpha value is -3.44. The predicted molar refractivity (Wildman–Crippen MR) is 127 cm³/mol. The van der Waals surface area contributed by atoms with E-state index in [1.54, 1.807) is 48.1 Å². The van der Waals surface area contributed by atoms with E-state index in [4.69, 9.17) is 14.2 Å². The zero-order chi connectivity index (χ0) is 25.1. The summed E-state index contributed by atoms with van der Waals surface area (Å²) in [6.45, 7) is 2.00. The Labute approximate surface area is 203 Å². The number of anilines is 2. The van der Waals surface area contributed by atoms with Gasteiger partial charge >= 0.3 is 0 Å². The van der Waals surface area contributed by atoms with Crippen LogP contribution in [0.4, 0.5) is 11.4 Å². The minimum absolute atomic E-state index is 0.0798. The van der Waals surface area contributed by atoms with Crippen LogP contribution >= 0.6 is 0 Å². The third-order valence-corrected chi connectivity index (χ3v) is 6.27. The number of nitrogens with zero attached hydrogens (tertiary/aromatic N) is 3. The monoisotopic (exact) mass is 485 g/mol. The van der Waals surface area contributed by atoms with Crippen molar-refractivity contribution in [3.8, 4) is 5.75 Å². The number of rotatable bonds is 6. The summed E-state index contributed by atoms with van der Waals surface area (Å²) in [6, 6.07) is 4.75. The van der Waals surface area contributed by atoms with Crippen LogP contribution in [-0.4, -0.2) is 78.0 Å². The molecule has 3 heterocycles. The molecule has 0 radical (unpaired) electrons. The zero-order valence-corrected chi connectivity index (χ0v) is 20.4. The molecule has 4 rings (SSSR count). The summed E-state index contributed by atoms with van der Waals surface area (Å²) in [7, 11) is 4.98. The highest BCUT2D eigenvalue weighted by Crippen LogP contribution is 2.32. The topological polar surface area (TPSA) is 124 Å². The first-order chi connectivity index (χ1) is 16.7. The van der Waals surface area contributed by atoms with Gasteiger partial charge in [0.05, 0.1) is 35.5 Å². The third-order valence-electron chi connectivity index (χ3n) is 6.27. The first-order valence-electron chi connectivity index (χ1n) is 11.5. The minimum Gasteiger partial charge on any atom is -0.490 e. The highest BCUT2D eigenvalue weighted by molar-refractivity contribution is 6.00. The average Bonchev–Trinajstić information content (AvgIpc) is 3.12. The number of hydrogen-bond acceptors (Lipinski definition) is 7. The SMILES string of the molecule is COCC(=O)Nc1ccc2c(c1)C(=O)N(C)[C@@H]1CC[C@H](CC(=O)Nc3cn(C)nc3C)O[C@@H]1CO2. The van der Waals surface area contributed by atoms with Crippen molar-refractivity contribution in [3.63, 3.8) is 0 Å². The van der Waals surface area contributed by atoms with Crippen LogP contribution in [0.3, 0.4) is 0 Å². The molecular formula is C24H31N5O6. The molecule has 2 aromatic rings. The van der Waals surface area contributed by atoms with Gasteiger partial charge in [0.25, 0.3) is 5.91 Å². The minimum atomic E-state index is -0.370. The lowest BCUT2D eigenvalue weighted by atomic mass is 9.94. The fourth-order valence-corrected chi connectivity index (χ4v) is 4.56. The Morgan fingerprint density at radius 1 is 1.20 bits per heavy atom. The maximum atomic E-state index is 13.3. The van der Waals surface area contributed by atoms with Crippen molar-refractivity contribution < 1.29 is 28.6 Å². The Bertz CT molecular complexity index is 1120. The van der Waals surface area contributed by atoms with Crippen LogP contribution in [-0.2, 0) is 26.1 Å². The molecule has 188 valence electrons. The van der Waals surface area contributed by atoms with Crippen molar-refractivity contribution >= 4 is 29.1 Å². The Balaban J connectivity index is 1.42. The van der Waals surface area contributed by atoms with Crippen LogP contribution in [0.5, 0.6) is 5.75 Å². The van der Waals surface area contributed by atoms with Crippen LogP contribution in [0.25, 0.3) is 0 Å². The second kappa shape index (κ2) is 10.4. The van der Waals surface area contributed by atoms with E-state index < -0.39 is 0 Å². The van der Waals surface area contributed by atoms with Crippen LogP contribution in [0, 0.1) is 6.92 Å². The molecule has 0 unspecified atom stereocenters. The Morgan fingerprint density at radius 2 is 2.00 bits per heavy atom. The van der Waals surface area contributed by atoms with Crippen LogP contribution in [0.1, 0.15) is 35.3 Å². The van der Waals surface area contributed by atoms with Crippen molar-refractivity contribution in [2.24, 2.45) is 7.05 Å². The number of amides is 3. The molecule has 1 aromatic heterocycles. The van der Waals surface area contributed by atoms with Gasteiger partial charge in [-0.05, 0) is 38.0 Å². The van der Waals surface area contributed by atoms with E-state index in [0.29, 0.717) is 35.5 Å². The lowest BCUT2D eigenvalue weighted by Gasteiger charge is -2.42. The maximum Gasteiger partial charge on any atom is 0.257 e. The molecule has 1 saturated heterocycles. The van der Waals surface area contributed by atoms with Gasteiger partial charge in [0.15, 0.2) is 0 Å². The predicted octanol–water partition coefficient (Wildman–Crippen LogP) is 1.72. The summed E-state index contributed by atoms with van der Waals surface area (Å²) in [6.07, 6.45) is 2.64. The first kappa shape index (κ1) is 24.7. The summed E-state index contributed by atoms with van der Waals surface area (Å²) in [4.78, 5) is 39.4. The lowest BCUT2D eigenvalue weighted by molar-refractivity contribution is -0.130. The molecule has 3 amide bonds. The summed E-state index contributed by atoms with van der Waals surface area (Å²) < 4.78 is 18.7. The molecule has 11 nitrogen and oxygen atoms in total. The number of benzene rings is 1. The number of fused-ring (bicyclic) bond motifs is 2. The molecule has 0 bridgehead atoms. The molecule has 2 aliphatic heterocycles. The number of hydrogen-bond donors (Lipinski definition) is 2. The molecule has 2 N–H and O–H groups in total. The smallest absolute Gasteiger partial charge is 0.257 e. The Morgan fingerprint density at radius 3 is 2.71 bits per heavy atom. The van der Waals surface area contributed by atoms with Gasteiger partial charge in [-0.1, -0.05) is 0 Å². The van der Waals surface area contributed by atoms with E-state index in [2.05, 4.69) is 15.7 Å². The number of carbonyl (C=O) groups is 3. The fraction of sp³-hybridized carbons (Fsp3) is 0.500. The molecule has 1 fully saturated rings. The number of likely N-dealkylation sites (N-methyl/N-ethyl adjacent to an activating group) is 1. The second-order valence-corrected chi connectivity index (χ2v) is 8.91. The van der Waals surface area contributed by atoms with E-state index in [1.807, 2.05) is 6.92 Å².